The molecule has 0 atom stereocenters. The van der Waals surface area contributed by atoms with Crippen molar-refractivity contribution in [1.29, 1.82) is 0 Å². The van der Waals surface area contributed by atoms with Crippen LogP contribution in [0, 0.1) is 0 Å². The number of benzene rings is 2. The van der Waals surface area contributed by atoms with E-state index in [0.717, 1.165) is 17.0 Å². The lowest BCUT2D eigenvalue weighted by molar-refractivity contribution is 0.0601. The summed E-state index contributed by atoms with van der Waals surface area (Å²) in [6, 6.07) is 14.5. The summed E-state index contributed by atoms with van der Waals surface area (Å²) in [4.78, 5) is 31.3. The molecule has 0 unspecified atom stereocenters. The van der Waals surface area contributed by atoms with Gasteiger partial charge in [0, 0.05) is 18.3 Å². The van der Waals surface area contributed by atoms with Gasteiger partial charge in [-0.15, -0.1) is 0 Å². The molecular formula is C22H20N6O3. The minimum atomic E-state index is -0.402. The highest BCUT2D eigenvalue weighted by Gasteiger charge is 2.16. The number of aromatic nitrogens is 4. The molecule has 0 amide bonds. The van der Waals surface area contributed by atoms with Gasteiger partial charge in [0.15, 0.2) is 17.0 Å². The number of hydrogen-bond acceptors (Lipinski definition) is 9. The first kappa shape index (κ1) is 20.0. The molecule has 31 heavy (non-hydrogen) atoms. The van der Waals surface area contributed by atoms with Crippen molar-refractivity contribution in [3.8, 4) is 17.0 Å². The van der Waals surface area contributed by atoms with E-state index in [1.54, 1.807) is 37.6 Å². The monoisotopic (exact) mass is 416 g/mol. The van der Waals surface area contributed by atoms with Gasteiger partial charge in [0.05, 0.1) is 31.7 Å². The number of methoxy groups -OCH3 is 2. The van der Waals surface area contributed by atoms with E-state index in [4.69, 9.17) is 20.2 Å². The molecule has 0 fully saturated rings. The molecular weight excluding hydrogens is 396 g/mol. The average molecular weight is 416 g/mol. The van der Waals surface area contributed by atoms with Crippen molar-refractivity contribution in [1.82, 2.24) is 19.9 Å². The van der Waals surface area contributed by atoms with Gasteiger partial charge in [-0.05, 0) is 48.5 Å². The maximum Gasteiger partial charge on any atom is 0.337 e. The molecule has 0 radical (unpaired) electrons. The summed E-state index contributed by atoms with van der Waals surface area (Å²) >= 11 is 0. The number of esters is 1. The molecule has 0 spiro atoms. The van der Waals surface area contributed by atoms with Crippen LogP contribution in [0.3, 0.4) is 0 Å². The second kappa shape index (κ2) is 8.23. The third-order valence-electron chi connectivity index (χ3n) is 4.79. The summed E-state index contributed by atoms with van der Waals surface area (Å²) < 4.78 is 9.96. The molecule has 2 N–H and O–H groups in total. The Bertz CT molecular complexity index is 1240. The van der Waals surface area contributed by atoms with Gasteiger partial charge in [-0.1, -0.05) is 0 Å². The Balaban J connectivity index is 1.77. The Kier molecular flexibility index (Phi) is 5.31. The molecule has 2 heterocycles. The van der Waals surface area contributed by atoms with Gasteiger partial charge in [0.25, 0.3) is 0 Å². The molecule has 0 saturated heterocycles. The quantitative estimate of drug-likeness (QED) is 0.489. The van der Waals surface area contributed by atoms with Gasteiger partial charge in [0.1, 0.15) is 5.75 Å². The first-order valence-electron chi connectivity index (χ1n) is 9.37. The number of rotatable bonds is 5. The number of nitrogens with two attached hydrogens (primary N) is 1. The first-order chi connectivity index (χ1) is 15.0. The van der Waals surface area contributed by atoms with Gasteiger partial charge in [0.2, 0.25) is 5.95 Å². The summed E-state index contributed by atoms with van der Waals surface area (Å²) in [7, 11) is 4.79. The number of anilines is 3. The van der Waals surface area contributed by atoms with Crippen molar-refractivity contribution in [2.75, 3.05) is 31.9 Å². The lowest BCUT2D eigenvalue weighted by Gasteiger charge is -2.20. The summed E-state index contributed by atoms with van der Waals surface area (Å²) in [6.45, 7) is 0. The number of nitrogen functional groups attached to an aromatic ring is 1. The van der Waals surface area contributed by atoms with E-state index in [1.807, 2.05) is 36.2 Å². The van der Waals surface area contributed by atoms with Crippen LogP contribution in [0.4, 0.5) is 17.5 Å². The third-order valence-corrected chi connectivity index (χ3v) is 4.79. The summed E-state index contributed by atoms with van der Waals surface area (Å²) in [5.41, 5.74) is 9.58. The number of fused-ring (bicyclic) bond motifs is 1. The van der Waals surface area contributed by atoms with Gasteiger partial charge in [-0.3, -0.25) is 0 Å². The van der Waals surface area contributed by atoms with Crippen molar-refractivity contribution in [3.05, 3.63) is 60.3 Å². The van der Waals surface area contributed by atoms with Gasteiger partial charge < -0.3 is 20.1 Å². The predicted molar refractivity (Wildman–Crippen MR) is 117 cm³/mol. The van der Waals surface area contributed by atoms with Gasteiger partial charge >= 0.3 is 5.97 Å². The molecule has 0 aliphatic carbocycles. The van der Waals surface area contributed by atoms with Crippen LogP contribution in [0.15, 0.2) is 54.7 Å². The van der Waals surface area contributed by atoms with Crippen LogP contribution in [0.2, 0.25) is 0 Å². The Labute approximate surface area is 178 Å². The minimum absolute atomic E-state index is 0.0898. The summed E-state index contributed by atoms with van der Waals surface area (Å²) in [6.07, 6.45) is 1.64. The van der Waals surface area contributed by atoms with E-state index >= 15 is 0 Å². The smallest absolute Gasteiger partial charge is 0.337 e. The number of carbonyl (C=O) groups is 1. The molecule has 0 aliphatic heterocycles. The first-order valence-corrected chi connectivity index (χ1v) is 9.37. The standard InChI is InChI=1S/C22H20N6O3/c1-28(15-8-4-14(5-9-15)21(29)31-3)20-18-19(26-22(23)27-20)24-12-17(25-18)13-6-10-16(30-2)11-7-13/h4-12H,1-3H3,(H2,23,24,26,27). The topological polar surface area (TPSA) is 116 Å². The Morgan fingerprint density at radius 2 is 1.68 bits per heavy atom. The molecule has 2 aromatic carbocycles. The van der Waals surface area contributed by atoms with E-state index in [0.29, 0.717) is 28.2 Å². The van der Waals surface area contributed by atoms with Crippen LogP contribution in [0.25, 0.3) is 22.4 Å². The lowest BCUT2D eigenvalue weighted by atomic mass is 10.1. The summed E-state index contributed by atoms with van der Waals surface area (Å²) in [5.74, 6) is 0.938. The highest BCUT2D eigenvalue weighted by Crippen LogP contribution is 2.30. The van der Waals surface area contributed by atoms with Crippen LogP contribution in [0.5, 0.6) is 5.75 Å². The Morgan fingerprint density at radius 3 is 2.32 bits per heavy atom. The fourth-order valence-electron chi connectivity index (χ4n) is 3.11. The van der Waals surface area contributed by atoms with Crippen LogP contribution in [0.1, 0.15) is 10.4 Å². The van der Waals surface area contributed by atoms with Crippen LogP contribution in [-0.2, 0) is 4.74 Å². The zero-order valence-corrected chi connectivity index (χ0v) is 17.2. The Morgan fingerprint density at radius 1 is 0.968 bits per heavy atom. The van der Waals surface area contributed by atoms with Crippen molar-refractivity contribution in [3.63, 3.8) is 0 Å². The fourth-order valence-corrected chi connectivity index (χ4v) is 3.11. The van der Waals surface area contributed by atoms with Crippen molar-refractivity contribution < 1.29 is 14.3 Å². The molecule has 0 bridgehead atoms. The third kappa shape index (κ3) is 3.93. The van der Waals surface area contributed by atoms with Gasteiger partial charge in [-0.2, -0.15) is 9.97 Å². The number of ether oxygens (including phenoxy) is 2. The zero-order chi connectivity index (χ0) is 22.0. The lowest BCUT2D eigenvalue weighted by Crippen LogP contribution is -2.15. The van der Waals surface area contributed by atoms with E-state index in [9.17, 15) is 4.79 Å². The van der Waals surface area contributed by atoms with E-state index in [-0.39, 0.29) is 5.95 Å². The maximum absolute atomic E-state index is 11.7. The highest BCUT2D eigenvalue weighted by molar-refractivity contribution is 5.91. The van der Waals surface area contributed by atoms with E-state index in [1.165, 1.54) is 7.11 Å². The molecule has 9 heteroatoms. The number of hydrogen-bond donors (Lipinski definition) is 1. The molecule has 0 aliphatic rings. The SMILES string of the molecule is COC(=O)c1ccc(N(C)c2nc(N)nc3ncc(-c4ccc(OC)cc4)nc23)cc1. The molecule has 4 aromatic rings. The molecule has 156 valence electrons. The van der Waals surface area contributed by atoms with Crippen LogP contribution in [-0.4, -0.2) is 47.2 Å². The number of nitrogens with zero attached hydrogens (tertiary/aromatic N) is 5. The van der Waals surface area contributed by atoms with Crippen LogP contribution >= 0.6 is 0 Å². The summed E-state index contributed by atoms with van der Waals surface area (Å²) in [5, 5.41) is 0. The molecule has 4 rings (SSSR count). The average Bonchev–Trinajstić information content (AvgIpc) is 2.82. The largest absolute Gasteiger partial charge is 0.497 e. The number of carbonyl (C=O) groups excluding carboxylic acids is 1. The minimum Gasteiger partial charge on any atom is -0.497 e. The van der Waals surface area contributed by atoms with Crippen molar-refractivity contribution in [2.45, 2.75) is 0 Å². The zero-order valence-electron chi connectivity index (χ0n) is 17.2. The second-order valence-electron chi connectivity index (χ2n) is 6.66. The highest BCUT2D eigenvalue weighted by atomic mass is 16.5. The predicted octanol–water partition coefficient (Wildman–Crippen LogP) is 3.23. The van der Waals surface area contributed by atoms with Crippen molar-refractivity contribution >= 4 is 34.6 Å². The van der Waals surface area contributed by atoms with Gasteiger partial charge in [-0.25, -0.2) is 14.8 Å². The molecule has 9 nitrogen and oxygen atoms in total. The second-order valence-corrected chi connectivity index (χ2v) is 6.66. The molecule has 0 saturated carbocycles. The fraction of sp³-hybridized carbons (Fsp3) is 0.136. The normalized spacial score (nSPS) is 10.7. The van der Waals surface area contributed by atoms with Crippen LogP contribution < -0.4 is 15.4 Å². The molecule has 2 aromatic heterocycles. The maximum atomic E-state index is 11.7. The Hall–Kier alpha value is -4.27. The van der Waals surface area contributed by atoms with Crippen molar-refractivity contribution in [2.24, 2.45) is 0 Å². The van der Waals surface area contributed by atoms with E-state index < -0.39 is 5.97 Å². The van der Waals surface area contributed by atoms with E-state index in [2.05, 4.69) is 15.0 Å².